The van der Waals surface area contributed by atoms with Crippen LogP contribution in [0, 0.1) is 4.77 Å². The average Bonchev–Trinajstić information content (AvgIpc) is 2.57. The number of hydrogen-bond donors (Lipinski definition) is 1. The lowest BCUT2D eigenvalue weighted by atomic mass is 10.1. The Bertz CT molecular complexity index is 751. The summed E-state index contributed by atoms with van der Waals surface area (Å²) in [5, 5.41) is 0.859. The number of fused-ring (bicyclic) bond motifs is 3. The number of aromatic amines is 1. The molecular formula is C14H16N2OS2. The van der Waals surface area contributed by atoms with Crippen molar-refractivity contribution in [3.63, 3.8) is 0 Å². The molecule has 2 heterocycles. The van der Waals surface area contributed by atoms with E-state index >= 15 is 0 Å². The van der Waals surface area contributed by atoms with Crippen molar-refractivity contribution in [3.8, 4) is 0 Å². The SMILES string of the molecule is C=CCn1c(=S)[nH]c2sc3c(c2c1=O)CCCCC3. The van der Waals surface area contributed by atoms with Gasteiger partial charge in [-0.15, -0.1) is 17.9 Å². The monoisotopic (exact) mass is 292 g/mol. The van der Waals surface area contributed by atoms with Crippen molar-refractivity contribution in [3.05, 3.63) is 38.2 Å². The van der Waals surface area contributed by atoms with Crippen molar-refractivity contribution < 1.29 is 0 Å². The van der Waals surface area contributed by atoms with E-state index < -0.39 is 0 Å². The fourth-order valence-corrected chi connectivity index (χ4v) is 4.35. The van der Waals surface area contributed by atoms with E-state index in [0.29, 0.717) is 11.3 Å². The van der Waals surface area contributed by atoms with Crippen LogP contribution in [0.5, 0.6) is 0 Å². The maximum Gasteiger partial charge on any atom is 0.263 e. The van der Waals surface area contributed by atoms with Crippen LogP contribution in [0.1, 0.15) is 29.7 Å². The van der Waals surface area contributed by atoms with E-state index in [1.165, 1.54) is 29.7 Å². The van der Waals surface area contributed by atoms with E-state index in [2.05, 4.69) is 11.6 Å². The quantitative estimate of drug-likeness (QED) is 0.522. The standard InChI is InChI=1S/C14H16N2OS2/c1-2-8-16-13(17)11-9-6-4-3-5-7-10(9)19-12(11)15-14(16)18/h2H,1,3-8H2,(H,15,18). The highest BCUT2D eigenvalue weighted by Gasteiger charge is 2.18. The molecule has 3 rings (SSSR count). The number of nitrogens with zero attached hydrogens (tertiary/aromatic N) is 1. The molecule has 0 unspecified atom stereocenters. The smallest absolute Gasteiger partial charge is 0.263 e. The van der Waals surface area contributed by atoms with Crippen LogP contribution >= 0.6 is 23.6 Å². The van der Waals surface area contributed by atoms with Crippen LogP contribution in [0.3, 0.4) is 0 Å². The van der Waals surface area contributed by atoms with Crippen LogP contribution in [0.25, 0.3) is 10.2 Å². The molecule has 0 saturated heterocycles. The third kappa shape index (κ3) is 2.11. The molecule has 3 nitrogen and oxygen atoms in total. The van der Waals surface area contributed by atoms with E-state index in [4.69, 9.17) is 12.2 Å². The third-order valence-corrected chi connectivity index (χ3v) is 5.19. The molecule has 2 aromatic rings. The first-order valence-corrected chi connectivity index (χ1v) is 7.83. The molecule has 0 atom stereocenters. The Morgan fingerprint density at radius 3 is 2.95 bits per heavy atom. The maximum absolute atomic E-state index is 12.6. The molecule has 0 fully saturated rings. The Morgan fingerprint density at radius 2 is 2.16 bits per heavy atom. The van der Waals surface area contributed by atoms with E-state index in [1.54, 1.807) is 22.0 Å². The molecule has 2 aromatic heterocycles. The van der Waals surface area contributed by atoms with Gasteiger partial charge in [-0.25, -0.2) is 0 Å². The molecular weight excluding hydrogens is 276 g/mol. The first kappa shape index (κ1) is 12.8. The van der Waals surface area contributed by atoms with Crippen molar-refractivity contribution in [1.82, 2.24) is 9.55 Å². The topological polar surface area (TPSA) is 37.8 Å². The van der Waals surface area contributed by atoms with E-state index in [1.807, 2.05) is 0 Å². The number of H-pyrrole nitrogens is 1. The second-order valence-corrected chi connectivity index (χ2v) is 6.40. The van der Waals surface area contributed by atoms with Crippen LogP contribution in [0.4, 0.5) is 0 Å². The van der Waals surface area contributed by atoms with Gasteiger partial charge in [0.1, 0.15) is 4.83 Å². The number of allylic oxidation sites excluding steroid dienone is 1. The van der Waals surface area contributed by atoms with Gasteiger partial charge in [-0.1, -0.05) is 12.5 Å². The number of hydrogen-bond acceptors (Lipinski definition) is 3. The minimum Gasteiger partial charge on any atom is -0.323 e. The minimum atomic E-state index is 0.0399. The summed E-state index contributed by atoms with van der Waals surface area (Å²) in [6, 6.07) is 0. The Kier molecular flexibility index (Phi) is 3.41. The second-order valence-electron chi connectivity index (χ2n) is 4.90. The van der Waals surface area contributed by atoms with Crippen molar-refractivity contribution in [2.45, 2.75) is 38.6 Å². The molecule has 5 heteroatoms. The first-order valence-electron chi connectivity index (χ1n) is 6.60. The average molecular weight is 292 g/mol. The molecule has 1 aliphatic carbocycles. The van der Waals surface area contributed by atoms with Gasteiger partial charge in [0.25, 0.3) is 5.56 Å². The van der Waals surface area contributed by atoms with Crippen LogP contribution in [-0.2, 0) is 19.4 Å². The lowest BCUT2D eigenvalue weighted by molar-refractivity contribution is 0.712. The Hall–Kier alpha value is -1.20. The Balaban J connectivity index is 2.34. The Labute approximate surface area is 120 Å². The summed E-state index contributed by atoms with van der Waals surface area (Å²) in [5.74, 6) is 0. The maximum atomic E-state index is 12.6. The zero-order chi connectivity index (χ0) is 13.4. The molecule has 0 aromatic carbocycles. The zero-order valence-corrected chi connectivity index (χ0v) is 12.3. The molecule has 0 spiro atoms. The van der Waals surface area contributed by atoms with Crippen molar-refractivity contribution in [2.75, 3.05) is 0 Å². The lowest BCUT2D eigenvalue weighted by Crippen LogP contribution is -2.21. The summed E-state index contributed by atoms with van der Waals surface area (Å²) in [6.45, 7) is 4.16. The first-order chi connectivity index (χ1) is 9.22. The number of thiophene rings is 1. The van der Waals surface area contributed by atoms with Crippen molar-refractivity contribution >= 4 is 33.8 Å². The molecule has 1 aliphatic rings. The van der Waals surface area contributed by atoms with Gasteiger partial charge in [0.05, 0.1) is 5.39 Å². The summed E-state index contributed by atoms with van der Waals surface area (Å²) in [7, 11) is 0. The van der Waals surface area contributed by atoms with Gasteiger partial charge in [0.15, 0.2) is 4.77 Å². The largest absolute Gasteiger partial charge is 0.323 e. The predicted octanol–water partition coefficient (Wildman–Crippen LogP) is 3.58. The molecule has 19 heavy (non-hydrogen) atoms. The fourth-order valence-electron chi connectivity index (χ4n) is 2.74. The number of aromatic nitrogens is 2. The highest BCUT2D eigenvalue weighted by Crippen LogP contribution is 2.32. The predicted molar refractivity (Wildman–Crippen MR) is 82.7 cm³/mol. The van der Waals surface area contributed by atoms with Gasteiger partial charge in [-0.05, 0) is 43.5 Å². The fraction of sp³-hybridized carbons (Fsp3) is 0.429. The number of nitrogens with one attached hydrogen (secondary N) is 1. The Morgan fingerprint density at radius 1 is 1.37 bits per heavy atom. The van der Waals surface area contributed by atoms with Crippen LogP contribution in [0.15, 0.2) is 17.4 Å². The van der Waals surface area contributed by atoms with E-state index in [0.717, 1.165) is 23.1 Å². The van der Waals surface area contributed by atoms with Gasteiger partial charge in [0.2, 0.25) is 0 Å². The van der Waals surface area contributed by atoms with Gasteiger partial charge in [-0.3, -0.25) is 9.36 Å². The van der Waals surface area contributed by atoms with E-state index in [9.17, 15) is 4.79 Å². The molecule has 0 amide bonds. The van der Waals surface area contributed by atoms with Crippen LogP contribution < -0.4 is 5.56 Å². The highest BCUT2D eigenvalue weighted by molar-refractivity contribution is 7.71. The summed E-state index contributed by atoms with van der Waals surface area (Å²) in [6.07, 6.45) is 7.48. The van der Waals surface area contributed by atoms with Gasteiger partial charge in [0, 0.05) is 11.4 Å². The van der Waals surface area contributed by atoms with Crippen molar-refractivity contribution in [2.24, 2.45) is 0 Å². The van der Waals surface area contributed by atoms with Crippen molar-refractivity contribution in [1.29, 1.82) is 0 Å². The van der Waals surface area contributed by atoms with Crippen LogP contribution in [0.2, 0.25) is 0 Å². The zero-order valence-electron chi connectivity index (χ0n) is 10.7. The highest BCUT2D eigenvalue weighted by atomic mass is 32.1. The van der Waals surface area contributed by atoms with Crippen LogP contribution in [-0.4, -0.2) is 9.55 Å². The normalized spacial score (nSPS) is 15.2. The molecule has 0 bridgehead atoms. The van der Waals surface area contributed by atoms with E-state index in [-0.39, 0.29) is 5.56 Å². The van der Waals surface area contributed by atoms with Gasteiger partial charge in [-0.2, -0.15) is 0 Å². The molecule has 0 saturated carbocycles. The summed E-state index contributed by atoms with van der Waals surface area (Å²) < 4.78 is 2.09. The number of rotatable bonds is 2. The third-order valence-electron chi connectivity index (χ3n) is 3.66. The second kappa shape index (κ2) is 5.06. The van der Waals surface area contributed by atoms with Gasteiger partial charge >= 0.3 is 0 Å². The summed E-state index contributed by atoms with van der Waals surface area (Å²) in [5.41, 5.74) is 1.30. The summed E-state index contributed by atoms with van der Waals surface area (Å²) in [4.78, 5) is 18.1. The lowest BCUT2D eigenvalue weighted by Gasteiger charge is -2.04. The van der Waals surface area contributed by atoms with Gasteiger partial charge < -0.3 is 4.98 Å². The molecule has 0 radical (unpaired) electrons. The number of aryl methyl sites for hydroxylation is 2. The molecule has 100 valence electrons. The minimum absolute atomic E-state index is 0.0399. The summed E-state index contributed by atoms with van der Waals surface area (Å²) >= 11 is 6.97. The molecule has 1 N–H and O–H groups in total. The molecule has 0 aliphatic heterocycles.